The number of rotatable bonds is 7. The summed E-state index contributed by atoms with van der Waals surface area (Å²) in [7, 11) is 0. The summed E-state index contributed by atoms with van der Waals surface area (Å²) in [4.78, 5) is 18.8. The second-order valence-corrected chi connectivity index (χ2v) is 9.50. The fourth-order valence-corrected chi connectivity index (χ4v) is 3.32. The van der Waals surface area contributed by atoms with Crippen molar-refractivity contribution in [3.63, 3.8) is 0 Å². The first-order valence-electron chi connectivity index (χ1n) is 11.1. The minimum absolute atomic E-state index is 0.122. The second kappa shape index (κ2) is 10.6. The zero-order valence-electron chi connectivity index (χ0n) is 20.6. The van der Waals surface area contributed by atoms with E-state index in [1.807, 2.05) is 18.2 Å². The fourth-order valence-electron chi connectivity index (χ4n) is 3.32. The molecule has 0 aliphatic heterocycles. The van der Waals surface area contributed by atoms with Crippen LogP contribution in [0.15, 0.2) is 61.2 Å². The van der Waals surface area contributed by atoms with Crippen LogP contribution in [0.25, 0.3) is 22.8 Å². The molecule has 12 nitrogen and oxygen atoms in total. The minimum atomic E-state index is -0.999. The third-order valence-corrected chi connectivity index (χ3v) is 4.64. The SMILES string of the molecule is CC(C)(O)Cn1cc(N)c(-c2ccccn2)n1.CC(C)(O)Cn1cc([N+](=O)[O-])c(-c2ccccn2)n1. The molecule has 0 unspecified atom stereocenters. The third-order valence-electron chi connectivity index (χ3n) is 4.64. The molecule has 0 aliphatic rings. The van der Waals surface area contributed by atoms with E-state index in [9.17, 15) is 20.3 Å². The van der Waals surface area contributed by atoms with E-state index in [2.05, 4.69) is 20.2 Å². The average molecular weight is 495 g/mol. The van der Waals surface area contributed by atoms with Gasteiger partial charge in [0.25, 0.3) is 0 Å². The zero-order valence-corrected chi connectivity index (χ0v) is 20.6. The van der Waals surface area contributed by atoms with Gasteiger partial charge in [-0.1, -0.05) is 12.1 Å². The highest BCUT2D eigenvalue weighted by Crippen LogP contribution is 2.27. The molecule has 4 heterocycles. The van der Waals surface area contributed by atoms with Crippen LogP contribution < -0.4 is 5.73 Å². The van der Waals surface area contributed by atoms with E-state index < -0.39 is 16.1 Å². The van der Waals surface area contributed by atoms with Crippen LogP contribution in [0.1, 0.15) is 27.7 Å². The second-order valence-electron chi connectivity index (χ2n) is 9.50. The van der Waals surface area contributed by atoms with Gasteiger partial charge in [-0.15, -0.1) is 0 Å². The lowest BCUT2D eigenvalue weighted by atomic mass is 10.1. The van der Waals surface area contributed by atoms with E-state index in [-0.39, 0.29) is 17.9 Å². The molecule has 0 fully saturated rings. The molecule has 4 aromatic heterocycles. The lowest BCUT2D eigenvalue weighted by Crippen LogP contribution is -2.26. The van der Waals surface area contributed by atoms with E-state index in [0.717, 1.165) is 5.69 Å². The lowest BCUT2D eigenvalue weighted by molar-refractivity contribution is -0.384. The smallest absolute Gasteiger partial charge is 0.316 e. The van der Waals surface area contributed by atoms with Crippen LogP contribution in [-0.4, -0.2) is 55.9 Å². The van der Waals surface area contributed by atoms with Gasteiger partial charge < -0.3 is 15.9 Å². The Labute approximate surface area is 208 Å². The van der Waals surface area contributed by atoms with Gasteiger partial charge in [-0.2, -0.15) is 10.2 Å². The molecule has 4 N–H and O–H groups in total. The highest BCUT2D eigenvalue weighted by atomic mass is 16.6. The van der Waals surface area contributed by atoms with Crippen LogP contribution in [0, 0.1) is 10.1 Å². The number of aromatic nitrogens is 6. The predicted octanol–water partition coefficient (Wildman–Crippen LogP) is 2.92. The Morgan fingerprint density at radius 2 is 1.33 bits per heavy atom. The Morgan fingerprint density at radius 1 is 0.861 bits per heavy atom. The molecule has 0 spiro atoms. The summed E-state index contributed by atoms with van der Waals surface area (Å²) in [6, 6.07) is 10.7. The van der Waals surface area contributed by atoms with Crippen molar-refractivity contribution in [2.24, 2.45) is 0 Å². The summed E-state index contributed by atoms with van der Waals surface area (Å²) in [6.45, 7) is 7.24. The molecule has 0 atom stereocenters. The van der Waals surface area contributed by atoms with Crippen LogP contribution in [-0.2, 0) is 13.1 Å². The first kappa shape index (κ1) is 26.4. The van der Waals surface area contributed by atoms with Crippen molar-refractivity contribution in [1.29, 1.82) is 0 Å². The first-order chi connectivity index (χ1) is 16.8. The van der Waals surface area contributed by atoms with E-state index in [0.29, 0.717) is 23.6 Å². The number of nitrogens with two attached hydrogens (primary N) is 1. The number of nitro groups is 1. The van der Waals surface area contributed by atoms with E-state index in [1.165, 1.54) is 10.9 Å². The summed E-state index contributed by atoms with van der Waals surface area (Å²) in [6.07, 6.45) is 6.27. The van der Waals surface area contributed by atoms with Crippen LogP contribution in [0.2, 0.25) is 0 Å². The molecule has 12 heteroatoms. The summed E-state index contributed by atoms with van der Waals surface area (Å²) < 4.78 is 3.00. The molecule has 0 saturated heterocycles. The number of hydrogen-bond donors (Lipinski definition) is 3. The number of hydrogen-bond acceptors (Lipinski definition) is 9. The lowest BCUT2D eigenvalue weighted by Gasteiger charge is -2.16. The summed E-state index contributed by atoms with van der Waals surface area (Å²) in [5.41, 5.74) is 6.53. The maximum Gasteiger partial charge on any atom is 0.316 e. The summed E-state index contributed by atoms with van der Waals surface area (Å²) in [5.74, 6) is 0. The van der Waals surface area contributed by atoms with Crippen molar-refractivity contribution in [1.82, 2.24) is 29.5 Å². The van der Waals surface area contributed by atoms with Crippen molar-refractivity contribution in [2.45, 2.75) is 52.0 Å². The molecule has 0 bridgehead atoms. The Kier molecular flexibility index (Phi) is 7.80. The van der Waals surface area contributed by atoms with Crippen LogP contribution in [0.3, 0.4) is 0 Å². The van der Waals surface area contributed by atoms with E-state index in [4.69, 9.17) is 5.73 Å². The Morgan fingerprint density at radius 3 is 1.78 bits per heavy atom. The topological polar surface area (TPSA) is 171 Å². The number of pyridine rings is 2. The molecule has 190 valence electrons. The molecule has 4 aromatic rings. The highest BCUT2D eigenvalue weighted by molar-refractivity contribution is 5.68. The number of aliphatic hydroxyl groups is 2. The largest absolute Gasteiger partial charge is 0.396 e. The van der Waals surface area contributed by atoms with Gasteiger partial charge in [0.05, 0.1) is 46.3 Å². The Hall–Kier alpha value is -4.16. The van der Waals surface area contributed by atoms with Gasteiger partial charge in [0.15, 0.2) is 5.69 Å². The van der Waals surface area contributed by atoms with Crippen molar-refractivity contribution < 1.29 is 15.1 Å². The van der Waals surface area contributed by atoms with Crippen LogP contribution >= 0.6 is 0 Å². The third kappa shape index (κ3) is 7.42. The normalized spacial score (nSPS) is 11.6. The van der Waals surface area contributed by atoms with Crippen LogP contribution in [0.5, 0.6) is 0 Å². The van der Waals surface area contributed by atoms with Crippen molar-refractivity contribution in [3.8, 4) is 22.8 Å². The molecule has 0 radical (unpaired) electrons. The number of nitrogen functional groups attached to an aromatic ring is 1. The van der Waals surface area contributed by atoms with Gasteiger partial charge in [0, 0.05) is 18.6 Å². The predicted molar refractivity (Wildman–Crippen MR) is 135 cm³/mol. The molecule has 0 saturated carbocycles. The van der Waals surface area contributed by atoms with E-state index >= 15 is 0 Å². The monoisotopic (exact) mass is 494 g/mol. The zero-order chi connectivity index (χ0) is 26.5. The van der Waals surface area contributed by atoms with Crippen molar-refractivity contribution in [2.75, 3.05) is 5.73 Å². The molecule has 4 rings (SSSR count). The standard InChI is InChI=1S/C12H14N4O3.C12H16N4O/c1-12(2,17)8-15-7-10(16(18)19)11(14-15)9-5-3-4-6-13-9;1-12(2,17)8-16-7-9(13)11(15-16)10-5-3-4-6-14-10/h3-7,17H,8H2,1-2H3;3-7,17H,8,13H2,1-2H3. The average Bonchev–Trinajstić information content (AvgIpc) is 3.36. The van der Waals surface area contributed by atoms with Gasteiger partial charge in [-0.3, -0.25) is 29.4 Å². The highest BCUT2D eigenvalue weighted by Gasteiger charge is 2.24. The van der Waals surface area contributed by atoms with Gasteiger partial charge in [-0.05, 0) is 52.0 Å². The minimum Gasteiger partial charge on any atom is -0.396 e. The molecular formula is C24H30N8O4. The molecule has 0 aromatic carbocycles. The van der Waals surface area contributed by atoms with Gasteiger partial charge in [-0.25, -0.2) is 0 Å². The maximum atomic E-state index is 11.0. The molecular weight excluding hydrogens is 464 g/mol. The fraction of sp³-hybridized carbons (Fsp3) is 0.333. The number of nitrogens with zero attached hydrogens (tertiary/aromatic N) is 7. The number of anilines is 1. The molecule has 0 amide bonds. The maximum absolute atomic E-state index is 11.0. The first-order valence-corrected chi connectivity index (χ1v) is 11.1. The van der Waals surface area contributed by atoms with Crippen LogP contribution in [0.4, 0.5) is 11.4 Å². The summed E-state index contributed by atoms with van der Waals surface area (Å²) >= 11 is 0. The Bertz CT molecular complexity index is 1290. The van der Waals surface area contributed by atoms with Gasteiger partial charge in [0.1, 0.15) is 11.9 Å². The van der Waals surface area contributed by atoms with Crippen molar-refractivity contribution >= 4 is 11.4 Å². The van der Waals surface area contributed by atoms with Gasteiger partial charge >= 0.3 is 5.69 Å². The Balaban J connectivity index is 0.000000202. The quantitative estimate of drug-likeness (QED) is 0.258. The molecule has 36 heavy (non-hydrogen) atoms. The summed E-state index contributed by atoms with van der Waals surface area (Å²) in [5, 5.41) is 39.0. The van der Waals surface area contributed by atoms with Crippen molar-refractivity contribution in [3.05, 3.63) is 71.3 Å². The molecule has 0 aliphatic carbocycles. The van der Waals surface area contributed by atoms with Gasteiger partial charge in [0.2, 0.25) is 0 Å². The van der Waals surface area contributed by atoms with E-state index in [1.54, 1.807) is 69.2 Å².